The predicted octanol–water partition coefficient (Wildman–Crippen LogP) is 3.99. The van der Waals surface area contributed by atoms with Gasteiger partial charge in [0.25, 0.3) is 0 Å². The van der Waals surface area contributed by atoms with Crippen LogP contribution in [0.15, 0.2) is 0 Å². The normalized spacial score (nSPS) is 17.3. The van der Waals surface area contributed by atoms with Crippen LogP contribution in [0.2, 0.25) is 0 Å². The Labute approximate surface area is 67.9 Å². The quantitative estimate of drug-likeness (QED) is 0.616. The summed E-state index contributed by atoms with van der Waals surface area (Å²) in [6.45, 7) is 7.01. The van der Waals surface area contributed by atoms with Gasteiger partial charge >= 0.3 is 0 Å². The molecular formula is C7H16BrP. The van der Waals surface area contributed by atoms with E-state index in [-0.39, 0.29) is 6.62 Å². The van der Waals surface area contributed by atoms with Crippen molar-refractivity contribution in [3.63, 3.8) is 0 Å². The first-order valence-corrected chi connectivity index (χ1v) is 7.26. The van der Waals surface area contributed by atoms with Crippen LogP contribution in [-0.2, 0) is 0 Å². The van der Waals surface area contributed by atoms with Crippen LogP contribution in [0.1, 0.15) is 33.6 Å². The van der Waals surface area contributed by atoms with Crippen LogP contribution in [0.5, 0.6) is 0 Å². The predicted molar refractivity (Wildman–Crippen MR) is 50.8 cm³/mol. The summed E-state index contributed by atoms with van der Waals surface area (Å²) < 4.78 is 0. The van der Waals surface area contributed by atoms with Crippen LogP contribution in [0.4, 0.5) is 0 Å². The first-order chi connectivity index (χ1) is 4.22. The summed E-state index contributed by atoms with van der Waals surface area (Å²) in [6, 6.07) is 0. The maximum atomic E-state index is 3.73. The van der Waals surface area contributed by atoms with Gasteiger partial charge in [0.1, 0.15) is 0 Å². The second kappa shape index (κ2) is 5.68. The summed E-state index contributed by atoms with van der Waals surface area (Å²) in [5.74, 6) is 0. The largest absolute Gasteiger partial charge is 0.0650 e. The summed E-state index contributed by atoms with van der Waals surface area (Å²) >= 11 is 3.73. The molecule has 56 valence electrons. The molecule has 9 heavy (non-hydrogen) atoms. The molecule has 0 aliphatic heterocycles. The molecule has 0 heterocycles. The molecule has 0 fully saturated rings. The zero-order chi connectivity index (χ0) is 7.28. The van der Waals surface area contributed by atoms with Gasteiger partial charge in [0.15, 0.2) is 0 Å². The Morgan fingerprint density at radius 1 is 1.44 bits per heavy atom. The molecule has 0 amide bonds. The van der Waals surface area contributed by atoms with Crippen LogP contribution < -0.4 is 0 Å². The summed E-state index contributed by atoms with van der Waals surface area (Å²) in [7, 11) is 0. The molecular weight excluding hydrogens is 195 g/mol. The maximum Gasteiger partial charge on any atom is -0.0142 e. The van der Waals surface area contributed by atoms with Crippen molar-refractivity contribution >= 4 is 22.1 Å². The lowest BCUT2D eigenvalue weighted by Crippen LogP contribution is -1.94. The molecule has 0 aliphatic carbocycles. The molecule has 0 aromatic heterocycles. The smallest absolute Gasteiger partial charge is 0.0142 e. The summed E-state index contributed by atoms with van der Waals surface area (Å²) in [5.41, 5.74) is 0.903. The molecule has 0 aromatic carbocycles. The van der Waals surface area contributed by atoms with E-state index in [0.29, 0.717) is 0 Å². The average molecular weight is 211 g/mol. The molecule has 2 heteroatoms. The molecule has 0 bridgehead atoms. The van der Waals surface area contributed by atoms with Gasteiger partial charge in [-0.1, -0.05) is 42.7 Å². The van der Waals surface area contributed by atoms with Crippen molar-refractivity contribution in [3.8, 4) is 0 Å². The van der Waals surface area contributed by atoms with E-state index in [9.17, 15) is 0 Å². The second-order valence-corrected chi connectivity index (χ2v) is 7.24. The zero-order valence-electron chi connectivity index (χ0n) is 6.52. The van der Waals surface area contributed by atoms with Gasteiger partial charge < -0.3 is 0 Å². The number of rotatable bonds is 4. The third-order valence-corrected chi connectivity index (χ3v) is 6.86. The van der Waals surface area contributed by atoms with E-state index in [1.54, 1.807) is 0 Å². The van der Waals surface area contributed by atoms with Gasteiger partial charge in [-0.05, 0) is 24.9 Å². The first kappa shape index (κ1) is 9.91. The number of hydrogen-bond donors (Lipinski definition) is 0. The van der Waals surface area contributed by atoms with Crippen molar-refractivity contribution in [1.29, 1.82) is 0 Å². The van der Waals surface area contributed by atoms with Gasteiger partial charge in [-0.2, -0.15) is 0 Å². The van der Waals surface area contributed by atoms with Crippen LogP contribution in [0.25, 0.3) is 0 Å². The highest BCUT2D eigenvalue weighted by Gasteiger charge is 2.08. The van der Waals surface area contributed by atoms with Crippen molar-refractivity contribution in [2.75, 3.05) is 6.16 Å². The van der Waals surface area contributed by atoms with Crippen molar-refractivity contribution in [3.05, 3.63) is 0 Å². The fourth-order valence-electron chi connectivity index (χ4n) is 0.632. The van der Waals surface area contributed by atoms with Gasteiger partial charge in [-0.15, -0.1) is 0 Å². The minimum atomic E-state index is 0.171. The van der Waals surface area contributed by atoms with E-state index >= 15 is 0 Å². The standard InChI is InChI=1S/C7H16BrP/c1-4-6-9(8)7(3)5-2/h7H,4-6H2,1-3H3. The lowest BCUT2D eigenvalue weighted by Gasteiger charge is -2.14. The van der Waals surface area contributed by atoms with E-state index in [4.69, 9.17) is 0 Å². The fourth-order valence-corrected chi connectivity index (χ4v) is 3.83. The Morgan fingerprint density at radius 3 is 2.33 bits per heavy atom. The number of hydrogen-bond acceptors (Lipinski definition) is 0. The minimum absolute atomic E-state index is 0.171. The summed E-state index contributed by atoms with van der Waals surface area (Å²) in [5, 5.41) is 0. The highest BCUT2D eigenvalue weighted by molar-refractivity contribution is 9.39. The van der Waals surface area contributed by atoms with Crippen LogP contribution in [-0.4, -0.2) is 11.8 Å². The molecule has 2 atom stereocenters. The lowest BCUT2D eigenvalue weighted by molar-refractivity contribution is 0.892. The summed E-state index contributed by atoms with van der Waals surface area (Å²) in [4.78, 5) is 0. The molecule has 0 N–H and O–H groups in total. The highest BCUT2D eigenvalue weighted by Crippen LogP contribution is 2.50. The second-order valence-electron chi connectivity index (χ2n) is 2.38. The van der Waals surface area contributed by atoms with Gasteiger partial charge in [-0.3, -0.25) is 0 Å². The first-order valence-electron chi connectivity index (χ1n) is 3.64. The maximum absolute atomic E-state index is 3.73. The molecule has 0 saturated carbocycles. The molecule has 0 spiro atoms. The molecule has 2 unspecified atom stereocenters. The molecule has 0 aliphatic rings. The van der Waals surface area contributed by atoms with E-state index in [1.165, 1.54) is 19.0 Å². The van der Waals surface area contributed by atoms with Crippen LogP contribution in [0.3, 0.4) is 0 Å². The minimum Gasteiger partial charge on any atom is -0.0650 e. The third-order valence-electron chi connectivity index (χ3n) is 1.51. The lowest BCUT2D eigenvalue weighted by atomic mass is 10.4. The topological polar surface area (TPSA) is 0 Å². The molecule has 0 nitrogen and oxygen atoms in total. The zero-order valence-corrected chi connectivity index (χ0v) is 9.00. The summed E-state index contributed by atoms with van der Waals surface area (Å²) in [6.07, 6.45) is 4.02. The SMILES string of the molecule is CCCP(Br)C(C)CC. The van der Waals surface area contributed by atoms with Gasteiger partial charge in [0.2, 0.25) is 0 Å². The Hall–Kier alpha value is 0.910. The molecule has 0 saturated heterocycles. The molecule has 0 radical (unpaired) electrons. The third kappa shape index (κ3) is 4.33. The molecule has 0 rings (SSSR count). The van der Waals surface area contributed by atoms with Gasteiger partial charge in [0, 0.05) is 0 Å². The Balaban J connectivity index is 3.32. The van der Waals surface area contributed by atoms with Crippen molar-refractivity contribution in [2.45, 2.75) is 39.3 Å². The Kier molecular flexibility index (Phi) is 6.25. The van der Waals surface area contributed by atoms with E-state index < -0.39 is 0 Å². The van der Waals surface area contributed by atoms with E-state index in [1.807, 2.05) is 0 Å². The average Bonchev–Trinajstić information content (AvgIpc) is 1.87. The van der Waals surface area contributed by atoms with Crippen LogP contribution in [0, 0.1) is 0 Å². The Bertz CT molecular complexity index is 65.9. The van der Waals surface area contributed by atoms with Gasteiger partial charge in [-0.25, -0.2) is 0 Å². The Morgan fingerprint density at radius 2 is 2.00 bits per heavy atom. The van der Waals surface area contributed by atoms with Gasteiger partial charge in [0.05, 0.1) is 0 Å². The fraction of sp³-hybridized carbons (Fsp3) is 1.00. The monoisotopic (exact) mass is 210 g/mol. The van der Waals surface area contributed by atoms with Crippen molar-refractivity contribution in [2.24, 2.45) is 0 Å². The van der Waals surface area contributed by atoms with Crippen molar-refractivity contribution in [1.82, 2.24) is 0 Å². The highest BCUT2D eigenvalue weighted by atomic mass is 79.9. The van der Waals surface area contributed by atoms with Crippen LogP contribution >= 0.6 is 22.1 Å². The van der Waals surface area contributed by atoms with E-state index in [2.05, 4.69) is 36.3 Å². The number of halogens is 1. The molecule has 0 aromatic rings. The van der Waals surface area contributed by atoms with E-state index in [0.717, 1.165) is 5.66 Å². The van der Waals surface area contributed by atoms with Crippen molar-refractivity contribution < 1.29 is 0 Å².